The number of aromatic nitrogens is 1. The summed E-state index contributed by atoms with van der Waals surface area (Å²) in [5.74, 6) is -0.0102. The summed E-state index contributed by atoms with van der Waals surface area (Å²) in [6.07, 6.45) is 6.70. The highest BCUT2D eigenvalue weighted by Crippen LogP contribution is 2.20. The Balaban J connectivity index is 2.06. The lowest BCUT2D eigenvalue weighted by Gasteiger charge is -2.26. The van der Waals surface area contributed by atoms with E-state index in [1.807, 2.05) is 0 Å². The second-order valence-corrected chi connectivity index (χ2v) is 4.31. The summed E-state index contributed by atoms with van der Waals surface area (Å²) in [6.45, 7) is 0. The van der Waals surface area contributed by atoms with Crippen LogP contribution in [0.1, 0.15) is 29.6 Å². The van der Waals surface area contributed by atoms with E-state index >= 15 is 0 Å². The molecule has 1 heterocycles. The maximum Gasteiger partial charge on any atom is 0.252 e. The van der Waals surface area contributed by atoms with Crippen LogP contribution in [0.15, 0.2) is 22.9 Å². The Morgan fingerprint density at radius 3 is 2.93 bits per heavy atom. The maximum absolute atomic E-state index is 11.7. The largest absolute Gasteiger partial charge is 0.349 e. The van der Waals surface area contributed by atoms with E-state index in [1.165, 1.54) is 6.42 Å². The Kier molecular flexibility index (Phi) is 2.82. The van der Waals surface area contributed by atoms with Gasteiger partial charge in [-0.05, 0) is 41.3 Å². The highest BCUT2D eigenvalue weighted by atomic mass is 79.9. The molecule has 0 saturated heterocycles. The fourth-order valence-electron chi connectivity index (χ4n) is 1.38. The second-order valence-electron chi connectivity index (χ2n) is 3.46. The molecule has 3 nitrogen and oxygen atoms in total. The minimum Gasteiger partial charge on any atom is -0.349 e. The number of carbonyl (C=O) groups excluding carboxylic acids is 1. The van der Waals surface area contributed by atoms with Gasteiger partial charge in [-0.15, -0.1) is 0 Å². The van der Waals surface area contributed by atoms with Gasteiger partial charge in [0.15, 0.2) is 0 Å². The summed E-state index contributed by atoms with van der Waals surface area (Å²) in [5, 5.41) is 2.98. The Morgan fingerprint density at radius 2 is 2.36 bits per heavy atom. The average molecular weight is 255 g/mol. The minimum absolute atomic E-state index is 0.0102. The fourth-order valence-corrected chi connectivity index (χ4v) is 1.81. The molecule has 1 N–H and O–H groups in total. The first-order valence-corrected chi connectivity index (χ1v) is 5.47. The van der Waals surface area contributed by atoms with Crippen molar-refractivity contribution in [2.75, 3.05) is 0 Å². The van der Waals surface area contributed by atoms with Gasteiger partial charge in [-0.2, -0.15) is 0 Å². The van der Waals surface area contributed by atoms with Gasteiger partial charge >= 0.3 is 0 Å². The molecule has 0 unspecified atom stereocenters. The maximum atomic E-state index is 11.7. The highest BCUT2D eigenvalue weighted by molar-refractivity contribution is 9.10. The molecule has 0 aromatic carbocycles. The van der Waals surface area contributed by atoms with E-state index in [4.69, 9.17) is 0 Å². The van der Waals surface area contributed by atoms with Crippen LogP contribution in [0, 0.1) is 0 Å². The predicted molar refractivity (Wildman–Crippen MR) is 57.0 cm³/mol. The van der Waals surface area contributed by atoms with Crippen molar-refractivity contribution in [3.63, 3.8) is 0 Å². The number of rotatable bonds is 2. The summed E-state index contributed by atoms with van der Waals surface area (Å²) in [5.41, 5.74) is 0.659. The molecule has 1 aromatic rings. The van der Waals surface area contributed by atoms with Gasteiger partial charge in [-0.3, -0.25) is 9.78 Å². The summed E-state index contributed by atoms with van der Waals surface area (Å²) in [6, 6.07) is 2.10. The lowest BCUT2D eigenvalue weighted by molar-refractivity contribution is 0.0916. The van der Waals surface area contributed by atoms with Crippen LogP contribution in [0.3, 0.4) is 0 Å². The number of pyridine rings is 1. The molecular weight excluding hydrogens is 244 g/mol. The Labute approximate surface area is 91.0 Å². The molecule has 1 aromatic heterocycles. The van der Waals surface area contributed by atoms with Crippen molar-refractivity contribution in [2.24, 2.45) is 0 Å². The number of hydrogen-bond donors (Lipinski definition) is 1. The third-order valence-electron chi connectivity index (χ3n) is 2.46. The van der Waals surface area contributed by atoms with E-state index in [9.17, 15) is 4.79 Å². The van der Waals surface area contributed by atoms with Gasteiger partial charge in [-0.25, -0.2) is 0 Å². The smallest absolute Gasteiger partial charge is 0.252 e. The van der Waals surface area contributed by atoms with Gasteiger partial charge in [0.25, 0.3) is 5.91 Å². The Hall–Kier alpha value is -0.900. The monoisotopic (exact) mass is 254 g/mol. The van der Waals surface area contributed by atoms with Crippen LogP contribution in [-0.4, -0.2) is 16.9 Å². The normalized spacial score (nSPS) is 16.1. The molecule has 14 heavy (non-hydrogen) atoms. The van der Waals surface area contributed by atoms with E-state index in [0.717, 1.165) is 17.3 Å². The molecule has 1 aliphatic rings. The second kappa shape index (κ2) is 4.09. The van der Waals surface area contributed by atoms with Crippen LogP contribution >= 0.6 is 15.9 Å². The third-order valence-corrected chi connectivity index (χ3v) is 3.09. The van der Waals surface area contributed by atoms with Crippen LogP contribution in [0.4, 0.5) is 0 Å². The van der Waals surface area contributed by atoms with Gasteiger partial charge in [0.2, 0.25) is 0 Å². The number of carbonyl (C=O) groups is 1. The molecule has 0 bridgehead atoms. The standard InChI is InChI=1S/C10H11BrN2O/c11-9-6-12-5-4-8(9)10(14)13-7-2-1-3-7/h4-7H,1-3H2,(H,13,14). The molecule has 1 aliphatic carbocycles. The highest BCUT2D eigenvalue weighted by Gasteiger charge is 2.20. The number of nitrogens with one attached hydrogen (secondary N) is 1. The van der Waals surface area contributed by atoms with Crippen molar-refractivity contribution >= 4 is 21.8 Å². The first-order chi connectivity index (χ1) is 6.77. The molecule has 1 amide bonds. The lowest BCUT2D eigenvalue weighted by Crippen LogP contribution is -2.39. The molecule has 0 spiro atoms. The van der Waals surface area contributed by atoms with Crippen LogP contribution in [0.5, 0.6) is 0 Å². The van der Waals surface area contributed by atoms with Gasteiger partial charge < -0.3 is 5.32 Å². The predicted octanol–water partition coefficient (Wildman–Crippen LogP) is 2.13. The summed E-state index contributed by atoms with van der Waals surface area (Å²) in [7, 11) is 0. The zero-order valence-electron chi connectivity index (χ0n) is 7.66. The summed E-state index contributed by atoms with van der Waals surface area (Å²) >= 11 is 3.30. The Morgan fingerprint density at radius 1 is 1.57 bits per heavy atom. The molecule has 0 aliphatic heterocycles. The Bertz CT molecular complexity index is 350. The van der Waals surface area contributed by atoms with E-state index in [0.29, 0.717) is 11.6 Å². The van der Waals surface area contributed by atoms with Crippen molar-refractivity contribution in [3.8, 4) is 0 Å². The molecule has 4 heteroatoms. The molecule has 2 rings (SSSR count). The van der Waals surface area contributed by atoms with Crippen molar-refractivity contribution in [1.82, 2.24) is 10.3 Å². The van der Waals surface area contributed by atoms with Crippen LogP contribution in [-0.2, 0) is 0 Å². The van der Waals surface area contributed by atoms with Crippen molar-refractivity contribution in [1.29, 1.82) is 0 Å². The van der Waals surface area contributed by atoms with E-state index in [-0.39, 0.29) is 5.91 Å². The number of hydrogen-bond acceptors (Lipinski definition) is 2. The number of amides is 1. The van der Waals surface area contributed by atoms with Crippen molar-refractivity contribution in [3.05, 3.63) is 28.5 Å². The SMILES string of the molecule is O=C(NC1CCC1)c1ccncc1Br. The molecule has 0 atom stereocenters. The fraction of sp³-hybridized carbons (Fsp3) is 0.400. The lowest BCUT2D eigenvalue weighted by atomic mass is 9.93. The van der Waals surface area contributed by atoms with Crippen molar-refractivity contribution in [2.45, 2.75) is 25.3 Å². The first-order valence-electron chi connectivity index (χ1n) is 4.68. The molecule has 0 radical (unpaired) electrons. The minimum atomic E-state index is -0.0102. The molecule has 1 fully saturated rings. The zero-order chi connectivity index (χ0) is 9.97. The molecular formula is C10H11BrN2O. The van der Waals surface area contributed by atoms with Crippen LogP contribution in [0.25, 0.3) is 0 Å². The van der Waals surface area contributed by atoms with Gasteiger partial charge in [-0.1, -0.05) is 0 Å². The topological polar surface area (TPSA) is 42.0 Å². The molecule has 1 saturated carbocycles. The van der Waals surface area contributed by atoms with Gasteiger partial charge in [0, 0.05) is 22.9 Å². The van der Waals surface area contributed by atoms with Crippen molar-refractivity contribution < 1.29 is 4.79 Å². The third kappa shape index (κ3) is 1.95. The molecule has 74 valence electrons. The number of nitrogens with zero attached hydrogens (tertiary/aromatic N) is 1. The van der Waals surface area contributed by atoms with E-state index in [2.05, 4.69) is 26.2 Å². The number of halogens is 1. The van der Waals surface area contributed by atoms with E-state index < -0.39 is 0 Å². The first kappa shape index (κ1) is 9.65. The van der Waals surface area contributed by atoms with Gasteiger partial charge in [0.1, 0.15) is 0 Å². The summed E-state index contributed by atoms with van der Waals surface area (Å²) in [4.78, 5) is 15.6. The summed E-state index contributed by atoms with van der Waals surface area (Å²) < 4.78 is 0.747. The van der Waals surface area contributed by atoms with E-state index in [1.54, 1.807) is 18.5 Å². The van der Waals surface area contributed by atoms with Gasteiger partial charge in [0.05, 0.1) is 5.56 Å². The quantitative estimate of drug-likeness (QED) is 0.879. The van der Waals surface area contributed by atoms with Crippen LogP contribution in [0.2, 0.25) is 0 Å². The average Bonchev–Trinajstić information content (AvgIpc) is 2.12. The van der Waals surface area contributed by atoms with Crippen LogP contribution < -0.4 is 5.32 Å². The zero-order valence-corrected chi connectivity index (χ0v) is 9.25.